The van der Waals surface area contributed by atoms with E-state index < -0.39 is 0 Å². The molecule has 0 aromatic heterocycles. The minimum atomic E-state index is 0.205. The van der Waals surface area contributed by atoms with E-state index in [9.17, 15) is 4.79 Å². The Balaban J connectivity index is 1.60. The van der Waals surface area contributed by atoms with E-state index in [1.165, 1.54) is 5.56 Å². The number of rotatable bonds is 3. The lowest BCUT2D eigenvalue weighted by atomic mass is 9.92. The zero-order valence-corrected chi connectivity index (χ0v) is 12.9. The van der Waals surface area contributed by atoms with E-state index in [0.717, 1.165) is 45.3 Å². The third-order valence-corrected chi connectivity index (χ3v) is 5.18. The molecule has 0 saturated carbocycles. The van der Waals surface area contributed by atoms with E-state index in [2.05, 4.69) is 47.5 Å². The SMILES string of the molecule is C[C@@H]1[C@@H](Cc2ccccc2)CCN1C(=O)[C@H]1CCCNC1. The second-order valence-electron chi connectivity index (χ2n) is 6.55. The summed E-state index contributed by atoms with van der Waals surface area (Å²) in [7, 11) is 0. The van der Waals surface area contributed by atoms with Crippen LogP contribution in [-0.2, 0) is 11.2 Å². The maximum Gasteiger partial charge on any atom is 0.227 e. The summed E-state index contributed by atoms with van der Waals surface area (Å²) >= 11 is 0. The molecule has 0 spiro atoms. The summed E-state index contributed by atoms with van der Waals surface area (Å²) in [4.78, 5) is 14.8. The van der Waals surface area contributed by atoms with Crippen molar-refractivity contribution in [1.29, 1.82) is 0 Å². The summed E-state index contributed by atoms with van der Waals surface area (Å²) in [5.41, 5.74) is 1.39. The Morgan fingerprint density at radius 3 is 2.81 bits per heavy atom. The number of carbonyl (C=O) groups is 1. The molecule has 2 fully saturated rings. The van der Waals surface area contributed by atoms with Gasteiger partial charge in [-0.15, -0.1) is 0 Å². The van der Waals surface area contributed by atoms with Gasteiger partial charge in [0.2, 0.25) is 5.91 Å². The lowest BCUT2D eigenvalue weighted by Gasteiger charge is -2.31. The average Bonchev–Trinajstić information content (AvgIpc) is 2.89. The van der Waals surface area contributed by atoms with Crippen LogP contribution >= 0.6 is 0 Å². The largest absolute Gasteiger partial charge is 0.339 e. The smallest absolute Gasteiger partial charge is 0.227 e. The van der Waals surface area contributed by atoms with Crippen molar-refractivity contribution in [3.05, 3.63) is 35.9 Å². The van der Waals surface area contributed by atoms with Crippen LogP contribution in [0.15, 0.2) is 30.3 Å². The normalized spacial score (nSPS) is 29.6. The van der Waals surface area contributed by atoms with Gasteiger partial charge in [-0.1, -0.05) is 30.3 Å². The summed E-state index contributed by atoms with van der Waals surface area (Å²) < 4.78 is 0. The van der Waals surface area contributed by atoms with E-state index in [1.54, 1.807) is 0 Å². The van der Waals surface area contributed by atoms with Crippen LogP contribution < -0.4 is 5.32 Å². The Bertz CT molecular complexity index is 467. The van der Waals surface area contributed by atoms with Crippen LogP contribution in [0.3, 0.4) is 0 Å². The van der Waals surface area contributed by atoms with E-state index >= 15 is 0 Å². The molecule has 2 aliphatic rings. The maximum atomic E-state index is 12.7. The number of nitrogens with one attached hydrogen (secondary N) is 1. The highest BCUT2D eigenvalue weighted by molar-refractivity contribution is 5.79. The zero-order valence-electron chi connectivity index (χ0n) is 12.9. The number of likely N-dealkylation sites (tertiary alicyclic amines) is 1. The number of nitrogens with zero attached hydrogens (tertiary/aromatic N) is 1. The van der Waals surface area contributed by atoms with Crippen molar-refractivity contribution in [3.8, 4) is 0 Å². The van der Waals surface area contributed by atoms with Crippen molar-refractivity contribution in [2.45, 2.75) is 38.6 Å². The van der Waals surface area contributed by atoms with Crippen LogP contribution in [0.5, 0.6) is 0 Å². The first-order valence-corrected chi connectivity index (χ1v) is 8.31. The predicted molar refractivity (Wildman–Crippen MR) is 85.0 cm³/mol. The molecule has 0 bridgehead atoms. The molecule has 2 saturated heterocycles. The Hall–Kier alpha value is -1.35. The third-order valence-electron chi connectivity index (χ3n) is 5.18. The zero-order chi connectivity index (χ0) is 14.7. The van der Waals surface area contributed by atoms with Crippen LogP contribution in [0.1, 0.15) is 31.7 Å². The predicted octanol–water partition coefficient (Wildman–Crippen LogP) is 2.47. The van der Waals surface area contributed by atoms with Crippen molar-refractivity contribution in [1.82, 2.24) is 10.2 Å². The Morgan fingerprint density at radius 1 is 1.29 bits per heavy atom. The molecule has 2 aliphatic heterocycles. The summed E-state index contributed by atoms with van der Waals surface area (Å²) in [5.74, 6) is 1.19. The first-order chi connectivity index (χ1) is 10.3. The number of benzene rings is 1. The number of hydrogen-bond donors (Lipinski definition) is 1. The highest BCUT2D eigenvalue weighted by Crippen LogP contribution is 2.29. The summed E-state index contributed by atoms with van der Waals surface area (Å²) in [5, 5.41) is 3.36. The van der Waals surface area contributed by atoms with Crippen molar-refractivity contribution in [2.24, 2.45) is 11.8 Å². The third kappa shape index (κ3) is 3.29. The van der Waals surface area contributed by atoms with E-state index in [4.69, 9.17) is 0 Å². The molecule has 21 heavy (non-hydrogen) atoms. The van der Waals surface area contributed by atoms with Crippen molar-refractivity contribution < 1.29 is 4.79 Å². The molecule has 0 unspecified atom stereocenters. The van der Waals surface area contributed by atoms with Gasteiger partial charge in [-0.25, -0.2) is 0 Å². The second-order valence-corrected chi connectivity index (χ2v) is 6.55. The molecule has 3 atom stereocenters. The van der Waals surface area contributed by atoms with Gasteiger partial charge in [-0.3, -0.25) is 4.79 Å². The first-order valence-electron chi connectivity index (χ1n) is 8.31. The molecule has 1 N–H and O–H groups in total. The lowest BCUT2D eigenvalue weighted by molar-refractivity contribution is -0.136. The van der Waals surface area contributed by atoms with Gasteiger partial charge in [-0.2, -0.15) is 0 Å². The molecule has 0 aliphatic carbocycles. The molecule has 2 heterocycles. The molecular formula is C18H26N2O. The number of hydrogen-bond acceptors (Lipinski definition) is 2. The first kappa shape index (κ1) is 14.6. The van der Waals surface area contributed by atoms with Crippen molar-refractivity contribution in [2.75, 3.05) is 19.6 Å². The Kier molecular flexibility index (Phi) is 4.59. The lowest BCUT2D eigenvalue weighted by Crippen LogP contribution is -2.45. The molecule has 3 rings (SSSR count). The fourth-order valence-electron chi connectivity index (χ4n) is 3.80. The topological polar surface area (TPSA) is 32.3 Å². The highest BCUT2D eigenvalue weighted by atomic mass is 16.2. The maximum absolute atomic E-state index is 12.7. The monoisotopic (exact) mass is 286 g/mol. The summed E-state index contributed by atoms with van der Waals surface area (Å²) in [6, 6.07) is 11.0. The molecule has 3 nitrogen and oxygen atoms in total. The van der Waals surface area contributed by atoms with Crippen LogP contribution in [0.2, 0.25) is 0 Å². The van der Waals surface area contributed by atoms with Crippen LogP contribution in [0, 0.1) is 11.8 Å². The fourth-order valence-corrected chi connectivity index (χ4v) is 3.80. The van der Waals surface area contributed by atoms with Gasteiger partial charge in [-0.05, 0) is 50.6 Å². The molecule has 114 valence electrons. The molecule has 1 aromatic carbocycles. The van der Waals surface area contributed by atoms with Gasteiger partial charge in [0.05, 0.1) is 5.92 Å². The number of carbonyl (C=O) groups excluding carboxylic acids is 1. The number of piperidine rings is 1. The summed E-state index contributed by atoms with van der Waals surface area (Å²) in [6.07, 6.45) is 4.42. The highest BCUT2D eigenvalue weighted by Gasteiger charge is 2.36. The van der Waals surface area contributed by atoms with Gasteiger partial charge in [0.1, 0.15) is 0 Å². The van der Waals surface area contributed by atoms with Crippen molar-refractivity contribution >= 4 is 5.91 Å². The fraction of sp³-hybridized carbons (Fsp3) is 0.611. The van der Waals surface area contributed by atoms with Gasteiger partial charge in [0, 0.05) is 19.1 Å². The standard InChI is InChI=1S/C18H26N2O/c1-14-16(12-15-6-3-2-4-7-15)9-11-20(14)18(21)17-8-5-10-19-13-17/h2-4,6-7,14,16-17,19H,5,8-13H2,1H3/t14-,16-,17+/m1/s1. The van der Waals surface area contributed by atoms with E-state index in [-0.39, 0.29) is 5.92 Å². The summed E-state index contributed by atoms with van der Waals surface area (Å²) in [6.45, 7) is 5.10. The average molecular weight is 286 g/mol. The van der Waals surface area contributed by atoms with Crippen LogP contribution in [-0.4, -0.2) is 36.5 Å². The molecule has 1 aromatic rings. The molecular weight excluding hydrogens is 260 g/mol. The number of amides is 1. The van der Waals surface area contributed by atoms with E-state index in [1.807, 2.05) is 0 Å². The minimum Gasteiger partial charge on any atom is -0.339 e. The van der Waals surface area contributed by atoms with Gasteiger partial charge in [0.25, 0.3) is 0 Å². The quantitative estimate of drug-likeness (QED) is 0.926. The Labute approximate surface area is 127 Å². The van der Waals surface area contributed by atoms with Crippen LogP contribution in [0.25, 0.3) is 0 Å². The second kappa shape index (κ2) is 6.61. The van der Waals surface area contributed by atoms with Gasteiger partial charge >= 0.3 is 0 Å². The molecule has 0 radical (unpaired) electrons. The van der Waals surface area contributed by atoms with Gasteiger partial charge < -0.3 is 10.2 Å². The minimum absolute atomic E-state index is 0.205. The molecule has 3 heteroatoms. The van der Waals surface area contributed by atoms with Gasteiger partial charge in [0.15, 0.2) is 0 Å². The van der Waals surface area contributed by atoms with Crippen LogP contribution in [0.4, 0.5) is 0 Å². The Morgan fingerprint density at radius 2 is 2.10 bits per heavy atom. The van der Waals surface area contributed by atoms with Crippen molar-refractivity contribution in [3.63, 3.8) is 0 Å². The van der Waals surface area contributed by atoms with E-state index in [0.29, 0.717) is 17.9 Å². The molecule has 1 amide bonds.